The molecule has 0 aromatic heterocycles. The fourth-order valence-electron chi connectivity index (χ4n) is 3.23. The summed E-state index contributed by atoms with van der Waals surface area (Å²) in [6.45, 7) is 1.83. The van der Waals surface area contributed by atoms with E-state index >= 15 is 0 Å². The van der Waals surface area contributed by atoms with E-state index in [4.69, 9.17) is 0 Å². The van der Waals surface area contributed by atoms with Crippen molar-refractivity contribution in [3.63, 3.8) is 0 Å². The summed E-state index contributed by atoms with van der Waals surface area (Å²) in [7, 11) is 0. The van der Waals surface area contributed by atoms with Crippen molar-refractivity contribution in [2.75, 3.05) is 0 Å². The first-order chi connectivity index (χ1) is 9.08. The minimum Gasteiger partial charge on any atom is -0.277 e. The zero-order chi connectivity index (χ0) is 13.9. The lowest BCUT2D eigenvalue weighted by Crippen LogP contribution is -2.62. The molecule has 0 aromatic carbocycles. The molecular formula is C14H22N2O3. The number of carbonyl (C=O) groups is 3. The maximum atomic E-state index is 12.0. The summed E-state index contributed by atoms with van der Waals surface area (Å²) in [6.07, 6.45) is 8.06. The molecule has 4 amide bonds. The van der Waals surface area contributed by atoms with Gasteiger partial charge in [-0.2, -0.15) is 0 Å². The van der Waals surface area contributed by atoms with E-state index in [-0.39, 0.29) is 0 Å². The Morgan fingerprint density at radius 1 is 1.05 bits per heavy atom. The van der Waals surface area contributed by atoms with Crippen LogP contribution >= 0.6 is 0 Å². The monoisotopic (exact) mass is 266 g/mol. The van der Waals surface area contributed by atoms with Gasteiger partial charge in [-0.15, -0.1) is 0 Å². The number of nitrogens with one attached hydrogen (secondary N) is 2. The van der Waals surface area contributed by atoms with Crippen LogP contribution in [0.4, 0.5) is 4.79 Å². The summed E-state index contributed by atoms with van der Waals surface area (Å²) in [4.78, 5) is 35.2. The summed E-state index contributed by atoms with van der Waals surface area (Å²) in [5.41, 5.74) is -1.05. The molecular weight excluding hydrogens is 244 g/mol. The van der Waals surface area contributed by atoms with Crippen molar-refractivity contribution in [3.05, 3.63) is 0 Å². The third-order valence-electron chi connectivity index (χ3n) is 4.63. The van der Waals surface area contributed by atoms with Gasteiger partial charge in [-0.1, -0.05) is 39.0 Å². The molecule has 0 spiro atoms. The molecule has 0 radical (unpaired) electrons. The van der Waals surface area contributed by atoms with Gasteiger partial charge in [0.1, 0.15) is 5.41 Å². The van der Waals surface area contributed by atoms with E-state index in [1.165, 1.54) is 32.1 Å². The fraction of sp³-hybridized carbons (Fsp3) is 0.786. The molecule has 1 aliphatic carbocycles. The highest BCUT2D eigenvalue weighted by Gasteiger charge is 2.48. The Kier molecular flexibility index (Phi) is 4.22. The topological polar surface area (TPSA) is 75.3 Å². The molecule has 2 rings (SSSR count). The quantitative estimate of drug-likeness (QED) is 0.765. The second kappa shape index (κ2) is 5.72. The van der Waals surface area contributed by atoms with E-state index in [0.717, 1.165) is 6.42 Å². The van der Waals surface area contributed by atoms with Crippen LogP contribution in [0.2, 0.25) is 0 Å². The molecule has 2 N–H and O–H groups in total. The molecule has 5 heteroatoms. The third-order valence-corrected chi connectivity index (χ3v) is 4.63. The lowest BCUT2D eigenvalue weighted by molar-refractivity contribution is -0.145. The first-order valence-corrected chi connectivity index (χ1v) is 7.25. The maximum Gasteiger partial charge on any atom is 0.328 e. The van der Waals surface area contributed by atoms with E-state index in [1.54, 1.807) is 0 Å². The van der Waals surface area contributed by atoms with Crippen LogP contribution in [0.25, 0.3) is 0 Å². The Bertz CT molecular complexity index is 366. The second-order valence-corrected chi connectivity index (χ2v) is 5.72. The molecule has 0 unspecified atom stereocenters. The van der Waals surface area contributed by atoms with Crippen LogP contribution in [0.15, 0.2) is 0 Å². The molecule has 0 bridgehead atoms. The van der Waals surface area contributed by atoms with E-state index in [2.05, 4.69) is 10.6 Å². The van der Waals surface area contributed by atoms with Gasteiger partial charge in [-0.25, -0.2) is 4.79 Å². The van der Waals surface area contributed by atoms with Crippen LogP contribution in [0.1, 0.15) is 58.3 Å². The lowest BCUT2D eigenvalue weighted by atomic mass is 9.74. The number of hydrogen-bond donors (Lipinski definition) is 2. The summed E-state index contributed by atoms with van der Waals surface area (Å²) >= 11 is 0. The second-order valence-electron chi connectivity index (χ2n) is 5.72. The van der Waals surface area contributed by atoms with Gasteiger partial charge in [0.2, 0.25) is 11.8 Å². The van der Waals surface area contributed by atoms with Gasteiger partial charge in [0.25, 0.3) is 0 Å². The molecule has 0 atom stereocenters. The van der Waals surface area contributed by atoms with Gasteiger partial charge in [0.05, 0.1) is 0 Å². The first kappa shape index (κ1) is 14.0. The smallest absolute Gasteiger partial charge is 0.277 e. The van der Waals surface area contributed by atoms with Gasteiger partial charge in [-0.05, 0) is 25.2 Å². The summed E-state index contributed by atoms with van der Waals surface area (Å²) in [5.74, 6) is -0.241. The number of barbiturate groups is 1. The number of amides is 4. The minimum atomic E-state index is -1.05. The number of carbonyl (C=O) groups excluding carboxylic acids is 3. The van der Waals surface area contributed by atoms with Crippen molar-refractivity contribution < 1.29 is 14.4 Å². The Morgan fingerprint density at radius 3 is 2.16 bits per heavy atom. The molecule has 1 saturated heterocycles. The van der Waals surface area contributed by atoms with Crippen LogP contribution in [-0.4, -0.2) is 17.8 Å². The predicted molar refractivity (Wildman–Crippen MR) is 70.2 cm³/mol. The molecule has 5 nitrogen and oxygen atoms in total. The van der Waals surface area contributed by atoms with Gasteiger partial charge in [0, 0.05) is 0 Å². The standard InChI is InChI=1S/C14H22N2O3/c1-2-14(9-8-10-6-4-3-5-7-10)11(17)15-13(19)16-12(14)18/h10H,2-9H2,1H3,(H2,15,16,17,18,19). The third kappa shape index (κ3) is 2.80. The Hall–Kier alpha value is -1.39. The van der Waals surface area contributed by atoms with Gasteiger partial charge >= 0.3 is 6.03 Å². The van der Waals surface area contributed by atoms with Crippen LogP contribution in [-0.2, 0) is 9.59 Å². The number of urea groups is 1. The average molecular weight is 266 g/mol. The van der Waals surface area contributed by atoms with Gasteiger partial charge in [0.15, 0.2) is 0 Å². The Morgan fingerprint density at radius 2 is 1.63 bits per heavy atom. The lowest BCUT2D eigenvalue weighted by Gasteiger charge is -2.34. The van der Waals surface area contributed by atoms with Crippen molar-refractivity contribution in [3.8, 4) is 0 Å². The molecule has 1 saturated carbocycles. The van der Waals surface area contributed by atoms with Crippen molar-refractivity contribution in [2.24, 2.45) is 11.3 Å². The van der Waals surface area contributed by atoms with E-state index in [0.29, 0.717) is 18.8 Å². The van der Waals surface area contributed by atoms with Crippen molar-refractivity contribution in [1.29, 1.82) is 0 Å². The molecule has 19 heavy (non-hydrogen) atoms. The molecule has 2 fully saturated rings. The normalized spacial score (nSPS) is 23.9. The van der Waals surface area contributed by atoms with Crippen LogP contribution in [0.3, 0.4) is 0 Å². The molecule has 0 aromatic rings. The maximum absolute atomic E-state index is 12.0. The van der Waals surface area contributed by atoms with E-state index in [9.17, 15) is 14.4 Å². The van der Waals surface area contributed by atoms with E-state index in [1.807, 2.05) is 6.92 Å². The van der Waals surface area contributed by atoms with Gasteiger partial charge in [-0.3, -0.25) is 20.2 Å². The average Bonchev–Trinajstić information content (AvgIpc) is 2.39. The summed E-state index contributed by atoms with van der Waals surface area (Å²) in [6, 6.07) is -0.697. The Balaban J connectivity index is 2.02. The van der Waals surface area contributed by atoms with Crippen LogP contribution in [0.5, 0.6) is 0 Å². The molecule has 2 aliphatic rings. The van der Waals surface area contributed by atoms with Crippen molar-refractivity contribution in [1.82, 2.24) is 10.6 Å². The largest absolute Gasteiger partial charge is 0.328 e. The zero-order valence-electron chi connectivity index (χ0n) is 11.5. The SMILES string of the molecule is CCC1(CCC2CCCCC2)C(=O)NC(=O)NC1=O. The summed E-state index contributed by atoms with van der Waals surface area (Å²) in [5, 5.41) is 4.46. The van der Waals surface area contributed by atoms with Crippen molar-refractivity contribution >= 4 is 17.8 Å². The molecule has 1 aliphatic heterocycles. The number of rotatable bonds is 4. The van der Waals surface area contributed by atoms with Crippen LogP contribution in [0, 0.1) is 11.3 Å². The van der Waals surface area contributed by atoms with Crippen molar-refractivity contribution in [2.45, 2.75) is 58.3 Å². The van der Waals surface area contributed by atoms with Gasteiger partial charge < -0.3 is 0 Å². The number of hydrogen-bond acceptors (Lipinski definition) is 3. The highest BCUT2D eigenvalue weighted by molar-refractivity contribution is 6.19. The summed E-state index contributed by atoms with van der Waals surface area (Å²) < 4.78 is 0. The zero-order valence-corrected chi connectivity index (χ0v) is 11.5. The Labute approximate surface area is 113 Å². The number of imide groups is 2. The highest BCUT2D eigenvalue weighted by Crippen LogP contribution is 2.36. The minimum absolute atomic E-state index is 0.431. The highest BCUT2D eigenvalue weighted by atomic mass is 16.2. The molecule has 106 valence electrons. The molecule has 1 heterocycles. The first-order valence-electron chi connectivity index (χ1n) is 7.25. The van der Waals surface area contributed by atoms with Crippen LogP contribution < -0.4 is 10.6 Å². The fourth-order valence-corrected chi connectivity index (χ4v) is 3.23. The predicted octanol–water partition coefficient (Wildman–Crippen LogP) is 2.11. The van der Waals surface area contributed by atoms with E-state index < -0.39 is 23.3 Å².